The Morgan fingerprint density at radius 1 is 1.30 bits per heavy atom. The molecule has 0 saturated carbocycles. The summed E-state index contributed by atoms with van der Waals surface area (Å²) in [5.41, 5.74) is 0. The number of aliphatic imine (C=N–C) groups is 1. The van der Waals surface area contributed by atoms with E-state index in [1.807, 2.05) is 0 Å². The van der Waals surface area contributed by atoms with E-state index in [2.05, 4.69) is 19.9 Å². The van der Waals surface area contributed by atoms with Gasteiger partial charge in [0.15, 0.2) is 5.84 Å². The molecule has 1 aromatic rings. The Morgan fingerprint density at radius 3 is 2.90 bits per heavy atom. The van der Waals surface area contributed by atoms with Crippen molar-refractivity contribution in [3.8, 4) is 0 Å². The molecule has 0 aliphatic carbocycles. The maximum atomic E-state index is 3.98. The fourth-order valence-corrected chi connectivity index (χ4v) is 1.10. The van der Waals surface area contributed by atoms with Crippen LogP contribution in [0.15, 0.2) is 23.6 Å². The van der Waals surface area contributed by atoms with Crippen LogP contribution in [0.5, 0.6) is 0 Å². The van der Waals surface area contributed by atoms with Gasteiger partial charge in [-0.05, 0) is 11.5 Å². The molecule has 10 heavy (non-hydrogen) atoms. The normalized spacial score (nSPS) is 15.0. The van der Waals surface area contributed by atoms with Crippen molar-refractivity contribution >= 4 is 17.4 Å². The minimum atomic E-state index is 0.704. The highest BCUT2D eigenvalue weighted by Gasteiger charge is 2.07. The predicted molar refractivity (Wildman–Crippen MR) is 37.7 cm³/mol. The first kappa shape index (κ1) is 5.55. The average molecular weight is 151 g/mol. The fourth-order valence-electron chi connectivity index (χ4n) is 0.634. The van der Waals surface area contributed by atoms with Gasteiger partial charge in [-0.1, -0.05) is 4.49 Å². The quantitative estimate of drug-likeness (QED) is 0.582. The Hall–Kier alpha value is -1.23. The molecule has 0 atom stereocenters. The van der Waals surface area contributed by atoms with E-state index in [4.69, 9.17) is 0 Å². The zero-order valence-electron chi connectivity index (χ0n) is 4.93. The predicted octanol–water partition coefficient (Wildman–Crippen LogP) is 0.374. The summed E-state index contributed by atoms with van der Waals surface area (Å²) in [6.45, 7) is 0. The maximum Gasteiger partial charge on any atom is 0.172 e. The van der Waals surface area contributed by atoms with Crippen LogP contribution in [0.2, 0.25) is 0 Å². The summed E-state index contributed by atoms with van der Waals surface area (Å²) in [5.74, 6) is 0.704. The zero-order valence-corrected chi connectivity index (χ0v) is 5.75. The molecule has 0 amide bonds. The van der Waals surface area contributed by atoms with E-state index >= 15 is 0 Å². The van der Waals surface area contributed by atoms with E-state index in [0.29, 0.717) is 5.84 Å². The van der Waals surface area contributed by atoms with Crippen LogP contribution in [-0.4, -0.2) is 15.4 Å². The van der Waals surface area contributed by atoms with Gasteiger partial charge >= 0.3 is 0 Å². The van der Waals surface area contributed by atoms with E-state index < -0.39 is 0 Å². The standard InChI is InChI=1S/C5H3N4S/c1-2-7-5(6-1)4-3-8-9-10-4/h1-3H. The van der Waals surface area contributed by atoms with Crippen molar-refractivity contribution in [2.75, 3.05) is 0 Å². The Labute approximate surface area is 61.5 Å². The van der Waals surface area contributed by atoms with Crippen LogP contribution < -0.4 is 5.32 Å². The molecule has 1 aliphatic heterocycles. The van der Waals surface area contributed by atoms with E-state index in [1.165, 1.54) is 11.5 Å². The van der Waals surface area contributed by atoms with Crippen molar-refractivity contribution in [3.63, 3.8) is 0 Å². The third kappa shape index (κ3) is 0.801. The van der Waals surface area contributed by atoms with E-state index in [1.54, 1.807) is 18.6 Å². The molecule has 0 aromatic carbocycles. The lowest BCUT2D eigenvalue weighted by atomic mass is 10.5. The monoisotopic (exact) mass is 151 g/mol. The second kappa shape index (κ2) is 2.18. The molecule has 5 heteroatoms. The van der Waals surface area contributed by atoms with Crippen LogP contribution in [0.4, 0.5) is 0 Å². The zero-order chi connectivity index (χ0) is 6.81. The van der Waals surface area contributed by atoms with Gasteiger partial charge in [0, 0.05) is 12.4 Å². The summed E-state index contributed by atoms with van der Waals surface area (Å²) in [4.78, 5) is 4.89. The molecule has 0 spiro atoms. The van der Waals surface area contributed by atoms with E-state index in [-0.39, 0.29) is 0 Å². The van der Waals surface area contributed by atoms with Crippen LogP contribution in [0.1, 0.15) is 4.88 Å². The second-order valence-electron chi connectivity index (χ2n) is 1.66. The Kier molecular flexibility index (Phi) is 1.21. The van der Waals surface area contributed by atoms with Crippen LogP contribution in [0, 0.1) is 0 Å². The lowest BCUT2D eigenvalue weighted by Gasteiger charge is -1.88. The summed E-state index contributed by atoms with van der Waals surface area (Å²) in [7, 11) is 0. The van der Waals surface area contributed by atoms with Crippen LogP contribution in [0.25, 0.3) is 0 Å². The summed E-state index contributed by atoms with van der Waals surface area (Å²) >= 11 is 1.29. The minimum Gasteiger partial charge on any atom is -0.234 e. The summed E-state index contributed by atoms with van der Waals surface area (Å²) in [6.07, 6.45) is 4.95. The van der Waals surface area contributed by atoms with Crippen molar-refractivity contribution in [3.05, 3.63) is 23.5 Å². The van der Waals surface area contributed by atoms with Crippen molar-refractivity contribution < 1.29 is 0 Å². The fraction of sp³-hybridized carbons (Fsp3) is 0. The SMILES string of the molecule is C1=CN=C(c2cnns2)[N]1. The summed E-state index contributed by atoms with van der Waals surface area (Å²) in [5, 5.41) is 7.64. The topological polar surface area (TPSA) is 52.2 Å². The Bertz CT molecular complexity index is 274. The number of rotatable bonds is 1. The number of aromatic nitrogens is 2. The first-order valence-electron chi connectivity index (χ1n) is 2.68. The van der Waals surface area contributed by atoms with Gasteiger partial charge in [0.2, 0.25) is 0 Å². The highest BCUT2D eigenvalue weighted by atomic mass is 32.1. The Morgan fingerprint density at radius 2 is 2.30 bits per heavy atom. The lowest BCUT2D eigenvalue weighted by molar-refractivity contribution is 1.15. The molecule has 0 unspecified atom stereocenters. The van der Waals surface area contributed by atoms with Gasteiger partial charge in [0.25, 0.3) is 0 Å². The molecule has 4 nitrogen and oxygen atoms in total. The smallest absolute Gasteiger partial charge is 0.172 e. The second-order valence-corrected chi connectivity index (χ2v) is 2.45. The Balaban J connectivity index is 2.30. The van der Waals surface area contributed by atoms with Gasteiger partial charge in [0.1, 0.15) is 4.88 Å². The first-order chi connectivity index (χ1) is 4.97. The van der Waals surface area contributed by atoms with Crippen LogP contribution in [0.3, 0.4) is 0 Å². The van der Waals surface area contributed by atoms with Crippen molar-refractivity contribution in [2.45, 2.75) is 0 Å². The first-order valence-corrected chi connectivity index (χ1v) is 3.45. The van der Waals surface area contributed by atoms with Gasteiger partial charge in [-0.3, -0.25) is 0 Å². The molecule has 1 aliphatic rings. The maximum absolute atomic E-state index is 3.98. The van der Waals surface area contributed by atoms with Crippen LogP contribution >= 0.6 is 11.5 Å². The van der Waals surface area contributed by atoms with Gasteiger partial charge in [-0.25, -0.2) is 10.3 Å². The number of hydrogen-bond acceptors (Lipinski definition) is 4. The molecule has 1 radical (unpaired) electrons. The highest BCUT2D eigenvalue weighted by molar-refractivity contribution is 7.07. The summed E-state index contributed by atoms with van der Waals surface area (Å²) < 4.78 is 3.69. The molecule has 2 rings (SSSR count). The molecule has 0 saturated heterocycles. The van der Waals surface area contributed by atoms with Gasteiger partial charge in [-0.15, -0.1) is 5.10 Å². The van der Waals surface area contributed by atoms with E-state index in [0.717, 1.165) is 4.88 Å². The molecule has 0 bridgehead atoms. The number of hydrogen-bond donors (Lipinski definition) is 0. The lowest BCUT2D eigenvalue weighted by Crippen LogP contribution is -2.04. The molecule has 1 aromatic heterocycles. The third-order valence-electron chi connectivity index (χ3n) is 1.04. The molecule has 49 valence electrons. The molecule has 2 heterocycles. The molecular formula is C5H3N4S. The van der Waals surface area contributed by atoms with Crippen LogP contribution in [-0.2, 0) is 0 Å². The average Bonchev–Trinajstić information content (AvgIpc) is 2.59. The largest absolute Gasteiger partial charge is 0.234 e. The van der Waals surface area contributed by atoms with Gasteiger partial charge in [0.05, 0.1) is 6.20 Å². The van der Waals surface area contributed by atoms with E-state index in [9.17, 15) is 0 Å². The number of amidine groups is 1. The number of nitrogens with zero attached hydrogens (tertiary/aromatic N) is 4. The molecule has 0 fully saturated rings. The summed E-state index contributed by atoms with van der Waals surface area (Å²) in [6, 6.07) is 0. The highest BCUT2D eigenvalue weighted by Crippen LogP contribution is 2.06. The van der Waals surface area contributed by atoms with Crippen molar-refractivity contribution in [1.82, 2.24) is 14.9 Å². The molecule has 0 N–H and O–H groups in total. The van der Waals surface area contributed by atoms with Crippen molar-refractivity contribution in [2.24, 2.45) is 4.99 Å². The molecular weight excluding hydrogens is 148 g/mol. The van der Waals surface area contributed by atoms with Gasteiger partial charge in [-0.2, -0.15) is 0 Å². The van der Waals surface area contributed by atoms with Gasteiger partial charge < -0.3 is 0 Å². The minimum absolute atomic E-state index is 0.704. The van der Waals surface area contributed by atoms with Crippen molar-refractivity contribution in [1.29, 1.82) is 0 Å². The third-order valence-corrected chi connectivity index (χ3v) is 1.70.